The lowest BCUT2D eigenvalue weighted by Gasteiger charge is -2.05. The van der Waals surface area contributed by atoms with Crippen molar-refractivity contribution in [1.29, 1.82) is 0 Å². The van der Waals surface area contributed by atoms with Gasteiger partial charge < -0.3 is 18.3 Å². The molecule has 2 heterocycles. The Morgan fingerprint density at radius 3 is 2.67 bits per heavy atom. The Morgan fingerprint density at radius 1 is 1.06 bits per heavy atom. The number of fused-ring (bicyclic) bond motifs is 1. The van der Waals surface area contributed by atoms with Gasteiger partial charge in [-0.15, -0.1) is 0 Å². The van der Waals surface area contributed by atoms with Crippen LogP contribution in [-0.2, 0) is 4.74 Å². The van der Waals surface area contributed by atoms with E-state index in [2.05, 4.69) is 10.5 Å². The molecule has 33 heavy (non-hydrogen) atoms. The number of aryl methyl sites for hydroxylation is 1. The summed E-state index contributed by atoms with van der Waals surface area (Å²) in [5.41, 5.74) is 5.17. The van der Waals surface area contributed by atoms with Gasteiger partial charge in [-0.2, -0.15) is 5.10 Å². The molecule has 0 fully saturated rings. The minimum atomic E-state index is -0.485. The first-order valence-corrected chi connectivity index (χ1v) is 10.3. The third-order valence-corrected chi connectivity index (χ3v) is 4.92. The molecule has 0 bridgehead atoms. The third kappa shape index (κ3) is 4.79. The summed E-state index contributed by atoms with van der Waals surface area (Å²) in [6.07, 6.45) is 1.40. The molecule has 0 saturated carbocycles. The number of esters is 1. The third-order valence-electron chi connectivity index (χ3n) is 4.92. The molecule has 0 aliphatic rings. The number of rotatable bonds is 7. The first-order chi connectivity index (χ1) is 16.0. The molecule has 168 valence electrons. The minimum absolute atomic E-state index is 0.136. The maximum Gasteiger partial charge on any atom is 0.337 e. The van der Waals surface area contributed by atoms with Crippen LogP contribution in [0.3, 0.4) is 0 Å². The summed E-state index contributed by atoms with van der Waals surface area (Å²) in [5, 5.41) is 4.71. The zero-order chi connectivity index (χ0) is 23.4. The van der Waals surface area contributed by atoms with Crippen molar-refractivity contribution in [3.63, 3.8) is 0 Å². The zero-order valence-corrected chi connectivity index (χ0v) is 18.4. The second kappa shape index (κ2) is 9.44. The molecule has 0 saturated heterocycles. The number of hydrogen-bond acceptors (Lipinski definition) is 7. The van der Waals surface area contributed by atoms with Gasteiger partial charge in [0.2, 0.25) is 0 Å². The van der Waals surface area contributed by atoms with Gasteiger partial charge in [-0.3, -0.25) is 4.79 Å². The Morgan fingerprint density at radius 2 is 1.91 bits per heavy atom. The van der Waals surface area contributed by atoms with Crippen LogP contribution in [-0.4, -0.2) is 31.8 Å². The molecule has 2 aromatic carbocycles. The molecule has 0 radical (unpaired) electrons. The fraction of sp³-hybridized carbons (Fsp3) is 0.160. The lowest BCUT2D eigenvalue weighted by molar-refractivity contribution is 0.0600. The van der Waals surface area contributed by atoms with Crippen LogP contribution < -0.4 is 10.2 Å². The number of amides is 1. The first kappa shape index (κ1) is 21.9. The molecule has 2 aromatic heterocycles. The van der Waals surface area contributed by atoms with E-state index in [0.29, 0.717) is 35.0 Å². The van der Waals surface area contributed by atoms with Crippen LogP contribution in [0.15, 0.2) is 68.5 Å². The van der Waals surface area contributed by atoms with Crippen molar-refractivity contribution in [2.24, 2.45) is 5.10 Å². The Kier molecular flexibility index (Phi) is 6.26. The van der Waals surface area contributed by atoms with Gasteiger partial charge in [-0.05, 0) is 67.9 Å². The molecule has 4 rings (SSSR count). The van der Waals surface area contributed by atoms with Crippen molar-refractivity contribution in [1.82, 2.24) is 5.43 Å². The molecule has 0 atom stereocenters. The smallest absolute Gasteiger partial charge is 0.337 e. The van der Waals surface area contributed by atoms with Crippen molar-refractivity contribution in [3.8, 4) is 17.1 Å². The summed E-state index contributed by atoms with van der Waals surface area (Å²) in [6, 6.07) is 15.7. The van der Waals surface area contributed by atoms with Crippen LogP contribution >= 0.6 is 0 Å². The summed E-state index contributed by atoms with van der Waals surface area (Å²) in [5.74, 6) is 1.02. The summed E-state index contributed by atoms with van der Waals surface area (Å²) in [4.78, 5) is 24.1. The SMILES string of the molecule is CCOc1ccc2oc(C(=O)N/N=C/c3ccc(-c4ccc(C(=O)OC)cc4C)o3)cc2c1. The summed E-state index contributed by atoms with van der Waals surface area (Å²) >= 11 is 0. The highest BCUT2D eigenvalue weighted by molar-refractivity contribution is 5.96. The quantitative estimate of drug-likeness (QED) is 0.245. The summed E-state index contributed by atoms with van der Waals surface area (Å²) < 4.78 is 21.6. The fourth-order valence-corrected chi connectivity index (χ4v) is 3.35. The second-order valence-electron chi connectivity index (χ2n) is 7.17. The van der Waals surface area contributed by atoms with Gasteiger partial charge >= 0.3 is 11.9 Å². The van der Waals surface area contributed by atoms with E-state index >= 15 is 0 Å². The van der Waals surface area contributed by atoms with E-state index in [-0.39, 0.29) is 5.76 Å². The van der Waals surface area contributed by atoms with Gasteiger partial charge in [0, 0.05) is 10.9 Å². The average molecular weight is 446 g/mol. The van der Waals surface area contributed by atoms with Crippen LogP contribution in [0.2, 0.25) is 0 Å². The summed E-state index contributed by atoms with van der Waals surface area (Å²) in [7, 11) is 1.34. The maximum atomic E-state index is 12.4. The van der Waals surface area contributed by atoms with Gasteiger partial charge in [-0.1, -0.05) is 6.07 Å². The first-order valence-electron chi connectivity index (χ1n) is 10.3. The average Bonchev–Trinajstić information content (AvgIpc) is 3.45. The largest absolute Gasteiger partial charge is 0.494 e. The lowest BCUT2D eigenvalue weighted by atomic mass is 10.0. The molecule has 0 spiro atoms. The normalized spacial score (nSPS) is 11.1. The predicted octanol–water partition coefficient (Wildman–Crippen LogP) is 4.95. The van der Waals surface area contributed by atoms with Gasteiger partial charge in [0.05, 0.1) is 25.5 Å². The molecule has 8 nitrogen and oxygen atoms in total. The number of methoxy groups -OCH3 is 1. The van der Waals surface area contributed by atoms with Crippen LogP contribution in [0.25, 0.3) is 22.3 Å². The molecule has 1 N–H and O–H groups in total. The van der Waals surface area contributed by atoms with E-state index in [1.165, 1.54) is 13.3 Å². The lowest BCUT2D eigenvalue weighted by Crippen LogP contribution is -2.16. The van der Waals surface area contributed by atoms with Gasteiger partial charge in [-0.25, -0.2) is 10.2 Å². The van der Waals surface area contributed by atoms with E-state index in [1.54, 1.807) is 48.5 Å². The number of carbonyl (C=O) groups excluding carboxylic acids is 2. The van der Waals surface area contributed by atoms with Crippen molar-refractivity contribution in [3.05, 3.63) is 77.2 Å². The molecule has 4 aromatic rings. The monoisotopic (exact) mass is 446 g/mol. The predicted molar refractivity (Wildman–Crippen MR) is 123 cm³/mol. The number of benzene rings is 2. The van der Waals surface area contributed by atoms with Gasteiger partial charge in [0.25, 0.3) is 0 Å². The zero-order valence-electron chi connectivity index (χ0n) is 18.4. The van der Waals surface area contributed by atoms with Crippen LogP contribution in [0.4, 0.5) is 0 Å². The Labute approximate surface area is 189 Å². The van der Waals surface area contributed by atoms with Crippen molar-refractivity contribution >= 4 is 29.1 Å². The number of hydrazone groups is 1. The molecule has 1 amide bonds. The highest BCUT2D eigenvalue weighted by atomic mass is 16.5. The van der Waals surface area contributed by atoms with E-state index < -0.39 is 11.9 Å². The summed E-state index contributed by atoms with van der Waals surface area (Å²) in [6.45, 7) is 4.33. The van der Waals surface area contributed by atoms with Gasteiger partial charge in [0.15, 0.2) is 5.76 Å². The van der Waals surface area contributed by atoms with Crippen LogP contribution in [0, 0.1) is 6.92 Å². The number of furan rings is 2. The molecule has 0 aliphatic carbocycles. The molecule has 8 heteroatoms. The molecule has 0 aliphatic heterocycles. The van der Waals surface area contributed by atoms with Crippen LogP contribution in [0.5, 0.6) is 5.75 Å². The molecular weight excluding hydrogens is 424 g/mol. The maximum absolute atomic E-state index is 12.4. The number of ether oxygens (including phenoxy) is 2. The van der Waals surface area contributed by atoms with Crippen molar-refractivity contribution < 1.29 is 27.9 Å². The van der Waals surface area contributed by atoms with Crippen molar-refractivity contribution in [2.45, 2.75) is 13.8 Å². The number of hydrogen-bond donors (Lipinski definition) is 1. The number of nitrogens with one attached hydrogen (secondary N) is 1. The topological polar surface area (TPSA) is 103 Å². The highest BCUT2D eigenvalue weighted by Crippen LogP contribution is 2.27. The molecule has 0 unspecified atom stereocenters. The highest BCUT2D eigenvalue weighted by Gasteiger charge is 2.13. The second-order valence-corrected chi connectivity index (χ2v) is 7.17. The van der Waals surface area contributed by atoms with Crippen molar-refractivity contribution in [2.75, 3.05) is 13.7 Å². The van der Waals surface area contributed by atoms with E-state index in [0.717, 1.165) is 16.5 Å². The molecular formula is C25H22N2O6. The Hall–Kier alpha value is -4.33. The Balaban J connectivity index is 1.43. The number of nitrogens with zero attached hydrogens (tertiary/aromatic N) is 1. The van der Waals surface area contributed by atoms with Gasteiger partial charge in [0.1, 0.15) is 22.9 Å². The minimum Gasteiger partial charge on any atom is -0.494 e. The fourth-order valence-electron chi connectivity index (χ4n) is 3.35. The van der Waals surface area contributed by atoms with E-state index in [4.69, 9.17) is 18.3 Å². The standard InChI is InChI=1S/C25H22N2O6/c1-4-31-18-6-9-21-17(12-18)13-23(33-21)24(28)27-26-14-19-7-10-22(32-19)20-8-5-16(11-15(20)2)25(29)30-3/h5-14H,4H2,1-3H3,(H,27,28)/b26-14+. The van der Waals surface area contributed by atoms with Crippen LogP contribution in [0.1, 0.15) is 39.2 Å². The van der Waals surface area contributed by atoms with E-state index in [9.17, 15) is 9.59 Å². The van der Waals surface area contributed by atoms with E-state index in [1.807, 2.05) is 19.9 Å². The number of carbonyl (C=O) groups is 2. The Bertz CT molecular complexity index is 1350.